The Labute approximate surface area is 119 Å². The third kappa shape index (κ3) is 4.43. The largest absolute Gasteiger partial charge is 0.315 e. The van der Waals surface area contributed by atoms with Crippen LogP contribution in [-0.2, 0) is 10.0 Å². The molecule has 5 heteroatoms. The van der Waals surface area contributed by atoms with E-state index in [2.05, 4.69) is 5.32 Å². The van der Waals surface area contributed by atoms with Gasteiger partial charge in [-0.05, 0) is 31.7 Å². The highest BCUT2D eigenvalue weighted by atomic mass is 32.2. The van der Waals surface area contributed by atoms with E-state index in [0.29, 0.717) is 6.04 Å². The van der Waals surface area contributed by atoms with Crippen molar-refractivity contribution >= 4 is 10.0 Å². The Bertz CT molecular complexity index is 379. The topological polar surface area (TPSA) is 49.4 Å². The fourth-order valence-electron chi connectivity index (χ4n) is 2.79. The molecule has 0 heterocycles. The molecular formula is C14H30N2O2S. The predicted octanol–water partition coefficient (Wildman–Crippen LogP) is 2.21. The SMILES string of the molecule is CCC(C)(C)CS(=O)(=O)N(C)C1CCCCC1NC. The summed E-state index contributed by atoms with van der Waals surface area (Å²) in [4.78, 5) is 0. The molecule has 0 aromatic heterocycles. The average molecular weight is 290 g/mol. The van der Waals surface area contributed by atoms with Gasteiger partial charge in [-0.1, -0.05) is 33.6 Å². The molecule has 19 heavy (non-hydrogen) atoms. The van der Waals surface area contributed by atoms with Gasteiger partial charge in [-0.2, -0.15) is 0 Å². The Morgan fingerprint density at radius 2 is 1.84 bits per heavy atom. The number of likely N-dealkylation sites (N-methyl/N-ethyl adjacent to an activating group) is 2. The van der Waals surface area contributed by atoms with Crippen LogP contribution >= 0.6 is 0 Å². The molecule has 0 spiro atoms. The van der Waals surface area contributed by atoms with Crippen molar-refractivity contribution in [2.24, 2.45) is 5.41 Å². The van der Waals surface area contributed by atoms with Crippen LogP contribution in [0.2, 0.25) is 0 Å². The maximum Gasteiger partial charge on any atom is 0.214 e. The van der Waals surface area contributed by atoms with Crippen LogP contribution in [0.4, 0.5) is 0 Å². The Kier molecular flexibility index (Phi) is 5.83. The summed E-state index contributed by atoms with van der Waals surface area (Å²) in [5.74, 6) is 0.236. The zero-order chi connectivity index (χ0) is 14.7. The van der Waals surface area contributed by atoms with Crippen LogP contribution in [0.25, 0.3) is 0 Å². The van der Waals surface area contributed by atoms with Gasteiger partial charge in [-0.15, -0.1) is 0 Å². The van der Waals surface area contributed by atoms with Gasteiger partial charge in [0.1, 0.15) is 0 Å². The molecule has 114 valence electrons. The molecule has 1 rings (SSSR count). The first-order chi connectivity index (χ1) is 8.73. The number of rotatable bonds is 6. The molecule has 1 N–H and O–H groups in total. The van der Waals surface area contributed by atoms with Crippen LogP contribution in [0, 0.1) is 5.41 Å². The van der Waals surface area contributed by atoms with Crippen LogP contribution in [0.15, 0.2) is 0 Å². The molecule has 1 aliphatic rings. The molecule has 0 saturated heterocycles. The third-order valence-electron chi connectivity index (χ3n) is 4.54. The predicted molar refractivity (Wildman–Crippen MR) is 80.7 cm³/mol. The standard InChI is InChI=1S/C14H30N2O2S/c1-6-14(2,3)11-19(17,18)16(5)13-10-8-7-9-12(13)15-4/h12-13,15H,6-11H2,1-5H3. The number of sulfonamides is 1. The monoisotopic (exact) mass is 290 g/mol. The Morgan fingerprint density at radius 1 is 1.26 bits per heavy atom. The van der Waals surface area contributed by atoms with Gasteiger partial charge in [0, 0.05) is 19.1 Å². The number of nitrogens with one attached hydrogen (secondary N) is 1. The van der Waals surface area contributed by atoms with Crippen molar-refractivity contribution in [1.29, 1.82) is 0 Å². The lowest BCUT2D eigenvalue weighted by Gasteiger charge is -2.38. The van der Waals surface area contributed by atoms with Crippen molar-refractivity contribution in [1.82, 2.24) is 9.62 Å². The van der Waals surface area contributed by atoms with E-state index >= 15 is 0 Å². The molecule has 2 atom stereocenters. The van der Waals surface area contributed by atoms with E-state index in [0.717, 1.165) is 25.7 Å². The number of hydrogen-bond donors (Lipinski definition) is 1. The van der Waals surface area contributed by atoms with Crippen molar-refractivity contribution in [2.45, 2.75) is 65.0 Å². The fourth-order valence-corrected chi connectivity index (χ4v) is 4.85. The van der Waals surface area contributed by atoms with Gasteiger partial charge < -0.3 is 5.32 Å². The van der Waals surface area contributed by atoms with E-state index in [4.69, 9.17) is 0 Å². The van der Waals surface area contributed by atoms with Crippen LogP contribution in [0.5, 0.6) is 0 Å². The maximum absolute atomic E-state index is 12.6. The first-order valence-corrected chi connectivity index (χ1v) is 8.97. The molecule has 1 saturated carbocycles. The summed E-state index contributed by atoms with van der Waals surface area (Å²) in [7, 11) is 0.502. The summed E-state index contributed by atoms with van der Waals surface area (Å²) in [5, 5.41) is 3.28. The van der Waals surface area contributed by atoms with E-state index in [1.54, 1.807) is 11.4 Å². The molecule has 1 aliphatic carbocycles. The van der Waals surface area contributed by atoms with Gasteiger partial charge >= 0.3 is 0 Å². The van der Waals surface area contributed by atoms with Crippen LogP contribution < -0.4 is 5.32 Å². The van der Waals surface area contributed by atoms with Crippen LogP contribution in [0.3, 0.4) is 0 Å². The second kappa shape index (κ2) is 6.55. The van der Waals surface area contributed by atoms with Gasteiger partial charge in [0.15, 0.2) is 0 Å². The Hall–Kier alpha value is -0.130. The second-order valence-corrected chi connectivity index (χ2v) is 8.57. The summed E-state index contributed by atoms with van der Waals surface area (Å²) < 4.78 is 26.8. The number of hydrogen-bond acceptors (Lipinski definition) is 3. The van der Waals surface area contributed by atoms with Gasteiger partial charge in [-0.25, -0.2) is 12.7 Å². The summed E-state index contributed by atoms with van der Waals surface area (Å²) in [6.45, 7) is 6.09. The fraction of sp³-hybridized carbons (Fsp3) is 1.00. The smallest absolute Gasteiger partial charge is 0.214 e. The first kappa shape index (κ1) is 16.9. The Balaban J connectivity index is 2.82. The minimum atomic E-state index is -3.18. The zero-order valence-electron chi connectivity index (χ0n) is 13.1. The highest BCUT2D eigenvalue weighted by Crippen LogP contribution is 2.28. The lowest BCUT2D eigenvalue weighted by Crippen LogP contribution is -2.52. The van der Waals surface area contributed by atoms with Crippen LogP contribution in [-0.4, -0.2) is 44.7 Å². The molecule has 0 aromatic carbocycles. The van der Waals surface area contributed by atoms with E-state index in [-0.39, 0.29) is 17.2 Å². The quantitative estimate of drug-likeness (QED) is 0.816. The zero-order valence-corrected chi connectivity index (χ0v) is 13.9. The van der Waals surface area contributed by atoms with Crippen molar-refractivity contribution < 1.29 is 8.42 Å². The normalized spacial score (nSPS) is 25.8. The molecule has 2 unspecified atom stereocenters. The van der Waals surface area contributed by atoms with Gasteiger partial charge in [-0.3, -0.25) is 0 Å². The summed E-state index contributed by atoms with van der Waals surface area (Å²) >= 11 is 0. The molecule has 0 bridgehead atoms. The van der Waals surface area contributed by atoms with E-state index in [9.17, 15) is 8.42 Å². The van der Waals surface area contributed by atoms with E-state index < -0.39 is 10.0 Å². The van der Waals surface area contributed by atoms with Crippen molar-refractivity contribution in [3.63, 3.8) is 0 Å². The first-order valence-electron chi connectivity index (χ1n) is 7.36. The summed E-state index contributed by atoms with van der Waals surface area (Å²) in [5.41, 5.74) is -0.156. The molecule has 4 nitrogen and oxygen atoms in total. The van der Waals surface area contributed by atoms with Crippen molar-refractivity contribution in [3.05, 3.63) is 0 Å². The highest BCUT2D eigenvalue weighted by molar-refractivity contribution is 7.89. The molecular weight excluding hydrogens is 260 g/mol. The summed E-state index contributed by atoms with van der Waals surface area (Å²) in [6.07, 6.45) is 5.22. The van der Waals surface area contributed by atoms with Gasteiger partial charge in [0.25, 0.3) is 0 Å². The molecule has 1 fully saturated rings. The molecule has 0 aromatic rings. The lowest BCUT2D eigenvalue weighted by molar-refractivity contribution is 0.226. The number of nitrogens with zero attached hydrogens (tertiary/aromatic N) is 1. The summed E-state index contributed by atoms with van der Waals surface area (Å²) in [6, 6.07) is 0.398. The molecule has 0 radical (unpaired) electrons. The van der Waals surface area contributed by atoms with Crippen molar-refractivity contribution in [3.8, 4) is 0 Å². The lowest BCUT2D eigenvalue weighted by atomic mass is 9.90. The second-order valence-electron chi connectivity index (χ2n) is 6.54. The minimum absolute atomic E-state index is 0.108. The van der Waals surface area contributed by atoms with Crippen LogP contribution in [0.1, 0.15) is 52.9 Å². The maximum atomic E-state index is 12.6. The average Bonchev–Trinajstić information content (AvgIpc) is 2.36. The highest BCUT2D eigenvalue weighted by Gasteiger charge is 2.36. The minimum Gasteiger partial charge on any atom is -0.315 e. The Morgan fingerprint density at radius 3 is 2.37 bits per heavy atom. The van der Waals surface area contributed by atoms with Gasteiger partial charge in [0.2, 0.25) is 10.0 Å². The van der Waals surface area contributed by atoms with E-state index in [1.165, 1.54) is 6.42 Å². The van der Waals surface area contributed by atoms with Gasteiger partial charge in [0.05, 0.1) is 5.75 Å². The molecule has 0 aliphatic heterocycles. The van der Waals surface area contributed by atoms with Crippen molar-refractivity contribution in [2.75, 3.05) is 19.8 Å². The van der Waals surface area contributed by atoms with E-state index in [1.807, 2.05) is 27.8 Å². The third-order valence-corrected chi connectivity index (χ3v) is 6.83. The molecule has 0 amide bonds.